The summed E-state index contributed by atoms with van der Waals surface area (Å²) in [4.78, 5) is 24.6. The maximum Gasteiger partial charge on any atom is 0.247 e. The number of benzene rings is 1. The molecule has 19 heavy (non-hydrogen) atoms. The third kappa shape index (κ3) is 3.49. The minimum absolute atomic E-state index is 0.0828. The molecule has 1 aromatic rings. The molecule has 100 valence electrons. The Kier molecular flexibility index (Phi) is 4.45. The smallest absolute Gasteiger partial charge is 0.247 e. The second-order valence-corrected chi connectivity index (χ2v) is 4.89. The van der Waals surface area contributed by atoms with Crippen LogP contribution in [0.25, 0.3) is 6.08 Å². The third-order valence-electron chi connectivity index (χ3n) is 2.74. The lowest BCUT2D eigenvalue weighted by atomic mass is 10.2. The molecule has 1 aliphatic rings. The molecule has 1 heterocycles. The van der Waals surface area contributed by atoms with Crippen LogP contribution < -0.4 is 5.32 Å². The van der Waals surface area contributed by atoms with E-state index in [-0.39, 0.29) is 18.4 Å². The summed E-state index contributed by atoms with van der Waals surface area (Å²) in [6.45, 7) is 1.07. The molecule has 2 rings (SSSR count). The Hall–Kier alpha value is -1.52. The van der Waals surface area contributed by atoms with Crippen LogP contribution in [0.5, 0.6) is 0 Å². The van der Waals surface area contributed by atoms with E-state index in [4.69, 9.17) is 23.2 Å². The number of amides is 2. The van der Waals surface area contributed by atoms with Gasteiger partial charge in [-0.15, -0.1) is 0 Å². The lowest BCUT2D eigenvalue weighted by molar-refractivity contribution is -0.134. The molecule has 2 amide bonds. The molecule has 0 unspecified atom stereocenters. The summed E-state index contributed by atoms with van der Waals surface area (Å²) in [5.41, 5.74) is 0.598. The quantitative estimate of drug-likeness (QED) is 0.849. The minimum Gasteiger partial charge on any atom is -0.353 e. The Morgan fingerprint density at radius 2 is 2.00 bits per heavy atom. The Bertz CT molecular complexity index is 523. The first-order valence-electron chi connectivity index (χ1n) is 5.75. The largest absolute Gasteiger partial charge is 0.353 e. The first-order chi connectivity index (χ1) is 9.08. The van der Waals surface area contributed by atoms with Crippen molar-refractivity contribution >= 4 is 41.1 Å². The van der Waals surface area contributed by atoms with Crippen LogP contribution in [0.4, 0.5) is 0 Å². The number of piperazine rings is 1. The summed E-state index contributed by atoms with van der Waals surface area (Å²) >= 11 is 12.0. The van der Waals surface area contributed by atoms with Crippen molar-refractivity contribution in [2.24, 2.45) is 0 Å². The summed E-state index contributed by atoms with van der Waals surface area (Å²) in [6.07, 6.45) is 2.95. The first kappa shape index (κ1) is 13.9. The molecule has 1 N–H and O–H groups in total. The molecule has 0 spiro atoms. The number of carbonyl (C=O) groups excluding carboxylic acids is 2. The second kappa shape index (κ2) is 6.08. The van der Waals surface area contributed by atoms with Crippen LogP contribution in [0, 0.1) is 0 Å². The standard InChI is InChI=1S/C13H12Cl2N2O2/c14-10-2-1-3-11(15)9(10)4-5-13(19)17-7-6-16-12(18)8-17/h1-5H,6-8H2,(H,16,18)/b5-4-. The maximum absolute atomic E-state index is 11.9. The molecule has 1 aliphatic heterocycles. The topological polar surface area (TPSA) is 49.4 Å². The highest BCUT2D eigenvalue weighted by Crippen LogP contribution is 2.25. The molecule has 4 nitrogen and oxygen atoms in total. The normalized spacial score (nSPS) is 15.7. The van der Waals surface area contributed by atoms with Crippen LogP contribution in [0.15, 0.2) is 24.3 Å². The van der Waals surface area contributed by atoms with Gasteiger partial charge in [0.15, 0.2) is 0 Å². The Labute approximate surface area is 121 Å². The maximum atomic E-state index is 11.9. The second-order valence-electron chi connectivity index (χ2n) is 4.08. The Balaban J connectivity index is 2.10. The van der Waals surface area contributed by atoms with E-state index in [1.807, 2.05) is 0 Å². The highest BCUT2D eigenvalue weighted by Gasteiger charge is 2.19. The van der Waals surface area contributed by atoms with Crippen molar-refractivity contribution in [2.45, 2.75) is 0 Å². The molecular formula is C13H12Cl2N2O2. The van der Waals surface area contributed by atoms with Gasteiger partial charge in [0, 0.05) is 34.8 Å². The van der Waals surface area contributed by atoms with E-state index in [1.54, 1.807) is 24.3 Å². The fraction of sp³-hybridized carbons (Fsp3) is 0.231. The number of nitrogens with one attached hydrogen (secondary N) is 1. The molecule has 1 fully saturated rings. The number of carbonyl (C=O) groups is 2. The fourth-order valence-electron chi connectivity index (χ4n) is 1.76. The first-order valence-corrected chi connectivity index (χ1v) is 6.51. The highest BCUT2D eigenvalue weighted by molar-refractivity contribution is 6.37. The summed E-state index contributed by atoms with van der Waals surface area (Å²) in [5.74, 6) is -0.380. The van der Waals surface area contributed by atoms with Gasteiger partial charge < -0.3 is 10.2 Å². The van der Waals surface area contributed by atoms with E-state index < -0.39 is 0 Å². The van der Waals surface area contributed by atoms with Crippen LogP contribution in [-0.2, 0) is 9.59 Å². The van der Waals surface area contributed by atoms with Crippen molar-refractivity contribution < 1.29 is 9.59 Å². The van der Waals surface area contributed by atoms with Gasteiger partial charge in [-0.3, -0.25) is 9.59 Å². The van der Waals surface area contributed by atoms with E-state index in [2.05, 4.69) is 5.32 Å². The van der Waals surface area contributed by atoms with E-state index in [0.717, 1.165) is 0 Å². The monoisotopic (exact) mass is 298 g/mol. The van der Waals surface area contributed by atoms with Gasteiger partial charge in [0.1, 0.15) is 0 Å². The van der Waals surface area contributed by atoms with Gasteiger partial charge in [0.25, 0.3) is 0 Å². The van der Waals surface area contributed by atoms with Crippen molar-refractivity contribution in [3.63, 3.8) is 0 Å². The zero-order valence-corrected chi connectivity index (χ0v) is 11.5. The van der Waals surface area contributed by atoms with Gasteiger partial charge in [-0.25, -0.2) is 0 Å². The molecule has 0 bridgehead atoms. The van der Waals surface area contributed by atoms with Crippen molar-refractivity contribution in [2.75, 3.05) is 19.6 Å². The van der Waals surface area contributed by atoms with Gasteiger partial charge in [-0.1, -0.05) is 29.3 Å². The molecule has 0 aromatic heterocycles. The molecule has 0 saturated carbocycles. The van der Waals surface area contributed by atoms with Gasteiger partial charge in [0.2, 0.25) is 11.8 Å². The Morgan fingerprint density at radius 1 is 1.32 bits per heavy atom. The van der Waals surface area contributed by atoms with E-state index >= 15 is 0 Å². The van der Waals surface area contributed by atoms with Crippen molar-refractivity contribution in [3.8, 4) is 0 Å². The molecule has 1 saturated heterocycles. The number of hydrogen-bond acceptors (Lipinski definition) is 2. The van der Waals surface area contributed by atoms with Crippen LogP contribution in [-0.4, -0.2) is 36.3 Å². The predicted molar refractivity (Wildman–Crippen MR) is 75.1 cm³/mol. The number of nitrogens with zero attached hydrogens (tertiary/aromatic N) is 1. The van der Waals surface area contributed by atoms with Crippen LogP contribution >= 0.6 is 23.2 Å². The van der Waals surface area contributed by atoms with E-state index in [1.165, 1.54) is 11.0 Å². The van der Waals surface area contributed by atoms with Crippen molar-refractivity contribution in [1.29, 1.82) is 0 Å². The van der Waals surface area contributed by atoms with E-state index in [0.29, 0.717) is 28.7 Å². The molecule has 0 radical (unpaired) electrons. The average molecular weight is 299 g/mol. The van der Waals surface area contributed by atoms with Gasteiger partial charge in [0.05, 0.1) is 6.54 Å². The van der Waals surface area contributed by atoms with Crippen molar-refractivity contribution in [1.82, 2.24) is 10.2 Å². The third-order valence-corrected chi connectivity index (χ3v) is 3.40. The average Bonchev–Trinajstić information content (AvgIpc) is 2.38. The predicted octanol–water partition coefficient (Wildman–Crippen LogP) is 1.97. The van der Waals surface area contributed by atoms with Gasteiger partial charge in [-0.05, 0) is 18.2 Å². The summed E-state index contributed by atoms with van der Waals surface area (Å²) < 4.78 is 0. The zero-order chi connectivity index (χ0) is 13.8. The van der Waals surface area contributed by atoms with E-state index in [9.17, 15) is 9.59 Å². The SMILES string of the molecule is O=C1CN(C(=O)/C=C\c2c(Cl)cccc2Cl)CCN1. The molecule has 0 aliphatic carbocycles. The summed E-state index contributed by atoms with van der Waals surface area (Å²) in [7, 11) is 0. The molecule has 0 atom stereocenters. The molecule has 1 aromatic carbocycles. The van der Waals surface area contributed by atoms with Gasteiger partial charge in [-0.2, -0.15) is 0 Å². The number of rotatable bonds is 2. The van der Waals surface area contributed by atoms with Crippen molar-refractivity contribution in [3.05, 3.63) is 39.9 Å². The molecular weight excluding hydrogens is 287 g/mol. The number of hydrogen-bond donors (Lipinski definition) is 1. The zero-order valence-electron chi connectivity index (χ0n) is 10.0. The highest BCUT2D eigenvalue weighted by atomic mass is 35.5. The summed E-state index contributed by atoms with van der Waals surface area (Å²) in [5, 5.41) is 3.62. The van der Waals surface area contributed by atoms with Crippen LogP contribution in [0.2, 0.25) is 10.0 Å². The minimum atomic E-state index is -0.231. The molecule has 6 heteroatoms. The summed E-state index contributed by atoms with van der Waals surface area (Å²) in [6, 6.07) is 5.14. The lowest BCUT2D eigenvalue weighted by Crippen LogP contribution is -2.49. The van der Waals surface area contributed by atoms with Crippen LogP contribution in [0.3, 0.4) is 0 Å². The number of halogens is 2. The Morgan fingerprint density at radius 3 is 2.63 bits per heavy atom. The van der Waals surface area contributed by atoms with Gasteiger partial charge >= 0.3 is 0 Å². The van der Waals surface area contributed by atoms with Crippen LogP contribution in [0.1, 0.15) is 5.56 Å². The fourth-order valence-corrected chi connectivity index (χ4v) is 2.28. The lowest BCUT2D eigenvalue weighted by Gasteiger charge is -2.25.